The smallest absolute Gasteiger partial charge is 0.122 e. The fraction of sp³-hybridized carbons (Fsp3) is 0.750. The Morgan fingerprint density at radius 3 is 2.61 bits per heavy atom. The average molecular weight is 319 g/mol. The van der Waals surface area contributed by atoms with Crippen molar-refractivity contribution in [2.75, 3.05) is 27.2 Å². The molecule has 0 saturated carbocycles. The average Bonchev–Trinajstić information content (AvgIpc) is 2.67. The van der Waals surface area contributed by atoms with Crippen molar-refractivity contribution in [3.8, 4) is 0 Å². The minimum absolute atomic E-state index is 0.0219. The highest BCUT2D eigenvalue weighted by atomic mass is 79.9. The molecule has 18 heavy (non-hydrogen) atoms. The molecule has 1 aromatic rings. The fourth-order valence-corrected chi connectivity index (χ4v) is 2.50. The molecule has 3 N–H and O–H groups in total. The molecule has 0 spiro atoms. The van der Waals surface area contributed by atoms with Gasteiger partial charge in [-0.05, 0) is 35.9 Å². The van der Waals surface area contributed by atoms with Gasteiger partial charge in [0.2, 0.25) is 0 Å². The number of aliphatic hydroxyl groups is 1. The van der Waals surface area contributed by atoms with Crippen molar-refractivity contribution in [1.82, 2.24) is 14.7 Å². The molecule has 1 rings (SSSR count). The van der Waals surface area contributed by atoms with Crippen LogP contribution in [-0.4, -0.2) is 47.0 Å². The van der Waals surface area contributed by atoms with Gasteiger partial charge in [-0.15, -0.1) is 0 Å². The number of likely N-dealkylation sites (N-methyl/N-ethyl adjacent to an activating group) is 1. The van der Waals surface area contributed by atoms with E-state index in [-0.39, 0.29) is 12.5 Å². The number of rotatable bonds is 6. The predicted molar refractivity (Wildman–Crippen MR) is 76.3 cm³/mol. The van der Waals surface area contributed by atoms with Gasteiger partial charge in [0, 0.05) is 13.1 Å². The summed E-state index contributed by atoms with van der Waals surface area (Å²) in [5.41, 5.74) is 5.48. The Labute approximate surface area is 117 Å². The monoisotopic (exact) mass is 318 g/mol. The van der Waals surface area contributed by atoms with Crippen molar-refractivity contribution >= 4 is 15.9 Å². The molecule has 1 unspecified atom stereocenters. The second-order valence-corrected chi connectivity index (χ2v) is 6.00. The summed E-state index contributed by atoms with van der Waals surface area (Å²) in [6, 6.07) is 0. The van der Waals surface area contributed by atoms with E-state index in [1.54, 1.807) is 6.20 Å². The van der Waals surface area contributed by atoms with Crippen LogP contribution in [0.1, 0.15) is 19.5 Å². The van der Waals surface area contributed by atoms with E-state index in [1.165, 1.54) is 0 Å². The first-order valence-corrected chi connectivity index (χ1v) is 6.91. The minimum Gasteiger partial charge on any atom is -0.382 e. The van der Waals surface area contributed by atoms with Gasteiger partial charge in [0.15, 0.2) is 0 Å². The van der Waals surface area contributed by atoms with Crippen molar-refractivity contribution in [2.45, 2.75) is 26.0 Å². The van der Waals surface area contributed by atoms with Gasteiger partial charge in [0.05, 0.1) is 22.9 Å². The number of nitrogens with zero attached hydrogens (tertiary/aromatic N) is 3. The molecule has 0 radical (unpaired) electrons. The lowest BCUT2D eigenvalue weighted by molar-refractivity contribution is -0.0104. The Balaban J connectivity index is 3.10. The van der Waals surface area contributed by atoms with E-state index in [9.17, 15) is 5.11 Å². The normalized spacial score (nSPS) is 15.4. The van der Waals surface area contributed by atoms with Crippen LogP contribution in [0.5, 0.6) is 0 Å². The van der Waals surface area contributed by atoms with Crippen molar-refractivity contribution in [1.29, 1.82) is 0 Å². The van der Waals surface area contributed by atoms with Gasteiger partial charge < -0.3 is 15.7 Å². The third kappa shape index (κ3) is 3.12. The number of nitrogens with two attached hydrogens (primary N) is 1. The predicted octanol–water partition coefficient (Wildman–Crippen LogP) is 1.01. The maximum absolute atomic E-state index is 10.8. The first-order chi connectivity index (χ1) is 8.32. The van der Waals surface area contributed by atoms with Gasteiger partial charge in [-0.3, -0.25) is 4.68 Å². The maximum atomic E-state index is 10.8. The topological polar surface area (TPSA) is 67.3 Å². The van der Waals surface area contributed by atoms with Gasteiger partial charge in [-0.2, -0.15) is 5.10 Å². The van der Waals surface area contributed by atoms with E-state index in [2.05, 4.69) is 25.9 Å². The van der Waals surface area contributed by atoms with Crippen molar-refractivity contribution < 1.29 is 5.11 Å². The lowest BCUT2D eigenvalue weighted by atomic mass is 9.87. The molecule has 0 aliphatic heterocycles. The molecule has 0 bridgehead atoms. The second kappa shape index (κ2) is 6.14. The molecule has 0 saturated heterocycles. The zero-order valence-electron chi connectivity index (χ0n) is 11.5. The maximum Gasteiger partial charge on any atom is 0.122 e. The zero-order valence-corrected chi connectivity index (χ0v) is 13.1. The number of halogens is 1. The van der Waals surface area contributed by atoms with Gasteiger partial charge >= 0.3 is 0 Å². The highest BCUT2D eigenvalue weighted by molar-refractivity contribution is 9.10. The number of aromatic nitrogens is 2. The Morgan fingerprint density at radius 1 is 1.56 bits per heavy atom. The molecular formula is C12H23BrN4O. The SMILES string of the molecule is CC(C)C(O)(CN)c1c(Br)cnn1CCN(C)C. The van der Waals surface area contributed by atoms with Crippen LogP contribution >= 0.6 is 15.9 Å². The quantitative estimate of drug-likeness (QED) is 0.821. The molecule has 0 amide bonds. The summed E-state index contributed by atoms with van der Waals surface area (Å²) in [6.07, 6.45) is 1.72. The third-order valence-electron chi connectivity index (χ3n) is 3.23. The van der Waals surface area contributed by atoms with Crippen molar-refractivity contribution in [3.05, 3.63) is 16.4 Å². The van der Waals surface area contributed by atoms with E-state index in [1.807, 2.05) is 32.6 Å². The van der Waals surface area contributed by atoms with Gasteiger partial charge in [0.1, 0.15) is 5.60 Å². The Kier molecular flexibility index (Phi) is 5.33. The van der Waals surface area contributed by atoms with Crippen LogP contribution in [0.15, 0.2) is 10.7 Å². The van der Waals surface area contributed by atoms with E-state index >= 15 is 0 Å². The standard InChI is InChI=1S/C12H23BrN4O/c1-9(2)12(18,8-14)11-10(13)7-15-17(11)6-5-16(3)4/h7,9,18H,5-6,8,14H2,1-4H3. The van der Waals surface area contributed by atoms with Gasteiger partial charge in [0.25, 0.3) is 0 Å². The molecule has 1 heterocycles. The first kappa shape index (κ1) is 15.6. The molecule has 1 atom stereocenters. The minimum atomic E-state index is -1.05. The largest absolute Gasteiger partial charge is 0.382 e. The lowest BCUT2D eigenvalue weighted by Crippen LogP contribution is -2.42. The van der Waals surface area contributed by atoms with E-state index in [4.69, 9.17) is 5.73 Å². The molecule has 0 fully saturated rings. The van der Waals surface area contributed by atoms with Crippen LogP contribution in [-0.2, 0) is 12.1 Å². The van der Waals surface area contributed by atoms with E-state index < -0.39 is 5.60 Å². The molecule has 5 nitrogen and oxygen atoms in total. The Hall–Kier alpha value is -0.430. The molecule has 0 aliphatic carbocycles. The summed E-state index contributed by atoms with van der Waals surface area (Å²) >= 11 is 3.46. The fourth-order valence-electron chi connectivity index (χ4n) is 1.86. The highest BCUT2D eigenvalue weighted by Crippen LogP contribution is 2.33. The Morgan fingerprint density at radius 2 is 2.17 bits per heavy atom. The highest BCUT2D eigenvalue weighted by Gasteiger charge is 2.37. The Bertz CT molecular complexity index is 391. The van der Waals surface area contributed by atoms with Crippen LogP contribution in [0.3, 0.4) is 0 Å². The molecule has 104 valence electrons. The van der Waals surface area contributed by atoms with Crippen molar-refractivity contribution in [3.63, 3.8) is 0 Å². The van der Waals surface area contributed by atoms with Crippen molar-refractivity contribution in [2.24, 2.45) is 11.7 Å². The summed E-state index contributed by atoms with van der Waals surface area (Å²) in [5.74, 6) is 0.0219. The van der Waals surface area contributed by atoms with Crippen LogP contribution in [0.4, 0.5) is 0 Å². The summed E-state index contributed by atoms with van der Waals surface area (Å²) < 4.78 is 2.64. The number of hydrogen-bond acceptors (Lipinski definition) is 4. The molecule has 0 aromatic carbocycles. The summed E-state index contributed by atoms with van der Waals surface area (Å²) in [5, 5.41) is 15.1. The van der Waals surface area contributed by atoms with E-state index in [0.29, 0.717) is 0 Å². The van der Waals surface area contributed by atoms with Gasteiger partial charge in [-0.1, -0.05) is 13.8 Å². The van der Waals surface area contributed by atoms with Gasteiger partial charge in [-0.25, -0.2) is 0 Å². The number of hydrogen-bond donors (Lipinski definition) is 2. The van der Waals surface area contributed by atoms with E-state index in [0.717, 1.165) is 23.3 Å². The summed E-state index contributed by atoms with van der Waals surface area (Å²) in [4.78, 5) is 2.08. The van der Waals surface area contributed by atoms with Crippen LogP contribution in [0.25, 0.3) is 0 Å². The molecular weight excluding hydrogens is 296 g/mol. The second-order valence-electron chi connectivity index (χ2n) is 5.15. The lowest BCUT2D eigenvalue weighted by Gasteiger charge is -2.32. The molecule has 6 heteroatoms. The van der Waals surface area contributed by atoms with Crippen LogP contribution < -0.4 is 5.73 Å². The molecule has 0 aliphatic rings. The summed E-state index contributed by atoms with van der Waals surface area (Å²) in [6.45, 7) is 5.69. The summed E-state index contributed by atoms with van der Waals surface area (Å²) in [7, 11) is 4.02. The first-order valence-electron chi connectivity index (χ1n) is 6.12. The molecule has 1 aromatic heterocycles. The zero-order chi connectivity index (χ0) is 13.9. The third-order valence-corrected chi connectivity index (χ3v) is 3.81. The van der Waals surface area contributed by atoms with Crippen LogP contribution in [0.2, 0.25) is 0 Å². The van der Waals surface area contributed by atoms with Crippen LogP contribution in [0, 0.1) is 5.92 Å².